The smallest absolute Gasteiger partial charge is 0.191 e. The molecule has 1 aromatic heterocycles. The Bertz CT molecular complexity index is 517. The lowest BCUT2D eigenvalue weighted by Crippen LogP contribution is -2.42. The molecule has 0 aliphatic heterocycles. The summed E-state index contributed by atoms with van der Waals surface area (Å²) in [6.45, 7) is 8.41. The Morgan fingerprint density at radius 1 is 1.40 bits per heavy atom. The summed E-state index contributed by atoms with van der Waals surface area (Å²) in [5.41, 5.74) is 0.980. The third-order valence-electron chi connectivity index (χ3n) is 4.16. The first kappa shape index (κ1) is 22.2. The second-order valence-electron chi connectivity index (χ2n) is 6.49. The lowest BCUT2D eigenvalue weighted by molar-refractivity contribution is 0.144. The third kappa shape index (κ3) is 7.91. The molecule has 0 aromatic carbocycles. The number of hydrogen-bond acceptors (Lipinski definition) is 5. The number of aromatic nitrogens is 1. The second kappa shape index (κ2) is 11.7. The van der Waals surface area contributed by atoms with Crippen LogP contribution in [-0.4, -0.2) is 62.5 Å². The Balaban J connectivity index is 0.00000312. The normalized spacial score (nSPS) is 14.7. The van der Waals surface area contributed by atoms with Crippen LogP contribution < -0.4 is 10.6 Å². The zero-order valence-corrected chi connectivity index (χ0v) is 18.1. The highest BCUT2D eigenvalue weighted by Crippen LogP contribution is 2.25. The highest BCUT2D eigenvalue weighted by Gasteiger charge is 2.28. The number of hydrogen-bond donors (Lipinski definition) is 2. The second-order valence-corrected chi connectivity index (χ2v) is 6.49. The number of aliphatic imine (C=N–C) groups is 1. The monoisotopic (exact) mass is 465 g/mol. The van der Waals surface area contributed by atoms with Crippen molar-refractivity contribution in [3.63, 3.8) is 0 Å². The van der Waals surface area contributed by atoms with Gasteiger partial charge in [-0.2, -0.15) is 0 Å². The molecule has 0 bridgehead atoms. The molecule has 0 amide bonds. The fraction of sp³-hybridized carbons (Fsp3) is 0.765. The fourth-order valence-electron chi connectivity index (χ4n) is 2.52. The van der Waals surface area contributed by atoms with Crippen LogP contribution in [0, 0.1) is 0 Å². The molecule has 144 valence electrons. The first-order valence-electron chi connectivity index (χ1n) is 8.77. The molecule has 1 heterocycles. The lowest BCUT2D eigenvalue weighted by atomic mass is 10.1. The summed E-state index contributed by atoms with van der Waals surface area (Å²) >= 11 is 0. The number of rotatable bonds is 10. The lowest BCUT2D eigenvalue weighted by Gasteiger charge is -2.22. The van der Waals surface area contributed by atoms with E-state index < -0.39 is 0 Å². The van der Waals surface area contributed by atoms with Gasteiger partial charge in [0.1, 0.15) is 0 Å². The topological polar surface area (TPSA) is 74.9 Å². The van der Waals surface area contributed by atoms with Crippen molar-refractivity contribution in [3.05, 3.63) is 17.5 Å². The predicted molar refractivity (Wildman–Crippen MR) is 111 cm³/mol. The third-order valence-corrected chi connectivity index (χ3v) is 4.16. The van der Waals surface area contributed by atoms with E-state index in [9.17, 15) is 0 Å². The van der Waals surface area contributed by atoms with Crippen LogP contribution in [0.15, 0.2) is 15.6 Å². The van der Waals surface area contributed by atoms with Crippen molar-refractivity contribution in [1.29, 1.82) is 0 Å². The van der Waals surface area contributed by atoms with Crippen molar-refractivity contribution in [2.75, 3.05) is 40.4 Å². The zero-order valence-electron chi connectivity index (χ0n) is 15.7. The van der Waals surface area contributed by atoms with Crippen LogP contribution in [0.1, 0.15) is 44.1 Å². The van der Waals surface area contributed by atoms with E-state index in [4.69, 9.17) is 9.26 Å². The van der Waals surface area contributed by atoms with Gasteiger partial charge in [0.05, 0.1) is 18.8 Å². The minimum absolute atomic E-state index is 0. The molecule has 0 saturated heterocycles. The Hall–Kier alpha value is -0.870. The molecule has 7 nitrogen and oxygen atoms in total. The fourth-order valence-corrected chi connectivity index (χ4v) is 2.52. The number of halogens is 1. The molecule has 1 fully saturated rings. The predicted octanol–water partition coefficient (Wildman–Crippen LogP) is 2.19. The van der Waals surface area contributed by atoms with Crippen molar-refractivity contribution < 1.29 is 9.26 Å². The van der Waals surface area contributed by atoms with Gasteiger partial charge in [-0.15, -0.1) is 24.0 Å². The summed E-state index contributed by atoms with van der Waals surface area (Å²) in [6, 6.07) is 2.73. The van der Waals surface area contributed by atoms with E-state index in [1.807, 2.05) is 6.07 Å². The summed E-state index contributed by atoms with van der Waals surface area (Å²) in [5, 5.41) is 10.7. The van der Waals surface area contributed by atoms with Crippen LogP contribution in [0.4, 0.5) is 0 Å². The van der Waals surface area contributed by atoms with E-state index in [0.29, 0.717) is 12.5 Å². The maximum atomic E-state index is 5.33. The highest BCUT2D eigenvalue weighted by atomic mass is 127. The molecule has 1 saturated carbocycles. The summed E-state index contributed by atoms with van der Waals surface area (Å²) < 4.78 is 10.5. The minimum Gasteiger partial charge on any atom is -0.383 e. The molecular formula is C17H32IN5O2. The molecule has 0 unspecified atom stereocenters. The van der Waals surface area contributed by atoms with Crippen LogP contribution in [0.25, 0.3) is 0 Å². The Morgan fingerprint density at radius 2 is 2.16 bits per heavy atom. The molecule has 0 spiro atoms. The van der Waals surface area contributed by atoms with Gasteiger partial charge in [-0.1, -0.05) is 19.0 Å². The van der Waals surface area contributed by atoms with Crippen molar-refractivity contribution in [2.24, 2.45) is 4.99 Å². The van der Waals surface area contributed by atoms with Crippen LogP contribution >= 0.6 is 24.0 Å². The van der Waals surface area contributed by atoms with Gasteiger partial charge in [-0.05, 0) is 18.8 Å². The van der Waals surface area contributed by atoms with Gasteiger partial charge < -0.3 is 19.9 Å². The quantitative estimate of drug-likeness (QED) is 0.314. The molecule has 1 aliphatic carbocycles. The van der Waals surface area contributed by atoms with Gasteiger partial charge in [0.2, 0.25) is 0 Å². The SMILES string of the molecule is CN=C(NCCN(CCOC)C1CC1)NCc1cc(C(C)C)no1.I. The first-order chi connectivity index (χ1) is 11.6. The number of nitrogens with zero attached hydrogens (tertiary/aromatic N) is 3. The minimum atomic E-state index is 0. The summed E-state index contributed by atoms with van der Waals surface area (Å²) in [5.74, 6) is 1.97. The molecule has 0 atom stereocenters. The van der Waals surface area contributed by atoms with E-state index in [1.54, 1.807) is 14.2 Å². The van der Waals surface area contributed by atoms with E-state index in [2.05, 4.69) is 39.5 Å². The van der Waals surface area contributed by atoms with Crippen molar-refractivity contribution >= 4 is 29.9 Å². The van der Waals surface area contributed by atoms with E-state index >= 15 is 0 Å². The van der Waals surface area contributed by atoms with Crippen LogP contribution in [0.3, 0.4) is 0 Å². The van der Waals surface area contributed by atoms with Crippen molar-refractivity contribution in [1.82, 2.24) is 20.7 Å². The standard InChI is InChI=1S/C17H31N5O2.HI/c1-13(2)16-11-15(24-21-16)12-20-17(18-3)19-7-8-22(9-10-23-4)14-5-6-14;/h11,13-14H,5-10,12H2,1-4H3,(H2,18,19,20);1H. The zero-order chi connectivity index (χ0) is 17.4. The summed E-state index contributed by atoms with van der Waals surface area (Å²) in [4.78, 5) is 6.73. The van der Waals surface area contributed by atoms with Gasteiger partial charge in [-0.25, -0.2) is 0 Å². The Kier molecular flexibility index (Phi) is 10.4. The van der Waals surface area contributed by atoms with Crippen LogP contribution in [0.5, 0.6) is 0 Å². The van der Waals surface area contributed by atoms with E-state index in [1.165, 1.54) is 12.8 Å². The molecular weight excluding hydrogens is 433 g/mol. The number of methoxy groups -OCH3 is 1. The highest BCUT2D eigenvalue weighted by molar-refractivity contribution is 14.0. The van der Waals surface area contributed by atoms with Gasteiger partial charge in [0.15, 0.2) is 11.7 Å². The van der Waals surface area contributed by atoms with Gasteiger partial charge in [0.25, 0.3) is 0 Å². The van der Waals surface area contributed by atoms with E-state index in [-0.39, 0.29) is 24.0 Å². The van der Waals surface area contributed by atoms with Gasteiger partial charge >= 0.3 is 0 Å². The Morgan fingerprint density at radius 3 is 2.72 bits per heavy atom. The number of guanidine groups is 1. The maximum absolute atomic E-state index is 5.33. The Labute approximate surface area is 168 Å². The molecule has 25 heavy (non-hydrogen) atoms. The van der Waals surface area contributed by atoms with E-state index in [0.717, 1.165) is 49.7 Å². The van der Waals surface area contributed by atoms with Crippen molar-refractivity contribution in [3.8, 4) is 0 Å². The van der Waals surface area contributed by atoms with Gasteiger partial charge in [0, 0.05) is 45.9 Å². The summed E-state index contributed by atoms with van der Waals surface area (Å²) in [7, 11) is 3.53. The van der Waals surface area contributed by atoms with Gasteiger partial charge in [-0.3, -0.25) is 9.89 Å². The molecule has 0 radical (unpaired) electrons. The molecule has 2 rings (SSSR count). The molecule has 1 aromatic rings. The maximum Gasteiger partial charge on any atom is 0.191 e. The van der Waals surface area contributed by atoms with Crippen molar-refractivity contribution in [2.45, 2.75) is 45.2 Å². The average Bonchev–Trinajstić information content (AvgIpc) is 3.30. The number of nitrogens with one attached hydrogen (secondary N) is 2. The summed E-state index contributed by atoms with van der Waals surface area (Å²) in [6.07, 6.45) is 2.61. The first-order valence-corrected chi connectivity index (χ1v) is 8.77. The van der Waals surface area contributed by atoms with Crippen LogP contribution in [0.2, 0.25) is 0 Å². The molecule has 8 heteroatoms. The molecule has 2 N–H and O–H groups in total. The largest absolute Gasteiger partial charge is 0.383 e. The number of ether oxygens (including phenoxy) is 1. The average molecular weight is 465 g/mol. The van der Waals surface area contributed by atoms with Crippen LogP contribution in [-0.2, 0) is 11.3 Å². The molecule has 1 aliphatic rings.